The zero-order valence-electron chi connectivity index (χ0n) is 58.3. The quantitative estimate of drug-likeness (QED) is 0.0251. The van der Waals surface area contributed by atoms with Gasteiger partial charge < -0.3 is 71.4 Å². The largest absolute Gasteiger partial charge is 0.444 e. The van der Waals surface area contributed by atoms with Crippen LogP contribution in [0.3, 0.4) is 0 Å². The number of carbonyl (C=O) groups is 8. The number of alkyl carbamates (subject to hydrolysis) is 4. The summed E-state index contributed by atoms with van der Waals surface area (Å²) in [4.78, 5) is 122. The molecule has 3 aromatic heterocycles. The molecular weight excluding hydrogens is 1270 g/mol. The average molecular weight is 1360 g/mol. The zero-order valence-corrected chi connectivity index (χ0v) is 58.3. The van der Waals surface area contributed by atoms with Crippen molar-refractivity contribution in [3.63, 3.8) is 0 Å². The molecule has 8 bridgehead atoms. The van der Waals surface area contributed by atoms with Crippen molar-refractivity contribution in [1.29, 1.82) is 0 Å². The maximum atomic E-state index is 13.6. The summed E-state index contributed by atoms with van der Waals surface area (Å²) in [5.74, 6) is -1.44. The SMILES string of the molecule is CC(C)(C)OC(=O)NCCNC(=O)c1ccc(-c2c3nc(c(-c4ccc(C(=O)NCCNC(=O)OC(C)(C)C)cc4)c4ccc([nH]4)c(-c4ccc(C(=O)NCCNC(=O)OC(C)(C)C)cc4)c4nc(c(-c5ccc(C(=O)NCCNC(=O)OC(C)(C)C)cc5)c5ccc2[nH]5)C=C4)C=C3)cc1. The highest BCUT2D eigenvalue weighted by Gasteiger charge is 2.24. The Balaban J connectivity index is 1.16. The summed E-state index contributed by atoms with van der Waals surface area (Å²) in [5.41, 5.74) is 9.06. The van der Waals surface area contributed by atoms with Crippen LogP contribution in [0.1, 0.15) is 147 Å². The second-order valence-electron chi connectivity index (χ2n) is 27.6. The third-order valence-electron chi connectivity index (χ3n) is 14.8. The Morgan fingerprint density at radius 2 is 0.460 bits per heavy atom. The van der Waals surface area contributed by atoms with Crippen LogP contribution in [0.5, 0.6) is 0 Å². The Morgan fingerprint density at radius 1 is 0.280 bits per heavy atom. The molecule has 7 aromatic rings. The van der Waals surface area contributed by atoms with Gasteiger partial charge in [-0.1, -0.05) is 48.5 Å². The Hall–Kier alpha value is -11.6. The number of benzene rings is 4. The first-order chi connectivity index (χ1) is 47.3. The molecule has 0 aliphatic carbocycles. The van der Waals surface area contributed by atoms with Crippen LogP contribution in [0.4, 0.5) is 19.2 Å². The van der Waals surface area contributed by atoms with E-state index in [2.05, 4.69) is 52.5 Å². The lowest BCUT2D eigenvalue weighted by Gasteiger charge is -2.19. The topological polar surface area (TPSA) is 327 Å². The van der Waals surface area contributed by atoms with Crippen LogP contribution in [0.15, 0.2) is 121 Å². The zero-order chi connectivity index (χ0) is 72.1. The number of nitrogens with one attached hydrogen (secondary N) is 10. The number of rotatable bonds is 20. The summed E-state index contributed by atoms with van der Waals surface area (Å²) in [7, 11) is 0. The lowest BCUT2D eigenvalue weighted by atomic mass is 10.0. The third-order valence-corrected chi connectivity index (χ3v) is 14.8. The number of ether oxygens (including phenoxy) is 4. The molecule has 0 saturated carbocycles. The maximum Gasteiger partial charge on any atom is 0.407 e. The number of H-pyrrole nitrogens is 2. The maximum absolute atomic E-state index is 13.6. The van der Waals surface area contributed by atoms with E-state index in [0.717, 1.165) is 0 Å². The van der Waals surface area contributed by atoms with Crippen molar-refractivity contribution in [2.45, 2.75) is 105 Å². The molecule has 0 atom stereocenters. The minimum atomic E-state index is -0.684. The lowest BCUT2D eigenvalue weighted by molar-refractivity contribution is 0.0516. The fourth-order valence-corrected chi connectivity index (χ4v) is 10.6. The first-order valence-electron chi connectivity index (χ1n) is 32.9. The van der Waals surface area contributed by atoms with Crippen molar-refractivity contribution in [1.82, 2.24) is 62.5 Å². The minimum Gasteiger partial charge on any atom is -0.444 e. The molecular formula is C76H86N12O12. The van der Waals surface area contributed by atoms with Gasteiger partial charge in [0.15, 0.2) is 0 Å². The van der Waals surface area contributed by atoms with Gasteiger partial charge in [-0.2, -0.15) is 0 Å². The van der Waals surface area contributed by atoms with E-state index in [9.17, 15) is 38.4 Å². The number of nitrogens with zero attached hydrogens (tertiary/aromatic N) is 2. The van der Waals surface area contributed by atoms with Gasteiger partial charge in [0.05, 0.1) is 22.8 Å². The number of aromatic amines is 2. The molecule has 0 saturated heterocycles. The van der Waals surface area contributed by atoms with E-state index >= 15 is 0 Å². The van der Waals surface area contributed by atoms with Crippen LogP contribution < -0.4 is 42.5 Å². The van der Waals surface area contributed by atoms with E-state index in [0.29, 0.717) is 112 Å². The molecule has 0 unspecified atom stereocenters. The Labute approximate surface area is 580 Å². The molecule has 24 heteroatoms. The fourth-order valence-electron chi connectivity index (χ4n) is 10.6. The Kier molecular flexibility index (Phi) is 22.8. The molecule has 5 heterocycles. The summed E-state index contributed by atoms with van der Waals surface area (Å²) in [5, 5.41) is 22.1. The number of fused-ring (bicyclic) bond motifs is 8. The van der Waals surface area contributed by atoms with Crippen LogP contribution in [0.2, 0.25) is 0 Å². The normalized spacial score (nSPS) is 12.0. The molecule has 0 spiro atoms. The summed E-state index contributed by atoms with van der Waals surface area (Å²) < 4.78 is 21.3. The number of hydrogen-bond acceptors (Lipinski definition) is 14. The molecule has 8 amide bonds. The second kappa shape index (κ2) is 31.3. The lowest BCUT2D eigenvalue weighted by Crippen LogP contribution is -2.37. The van der Waals surface area contributed by atoms with E-state index in [1.54, 1.807) is 132 Å². The van der Waals surface area contributed by atoms with Crippen molar-refractivity contribution in [2.75, 3.05) is 52.4 Å². The highest BCUT2D eigenvalue weighted by molar-refractivity contribution is 6.03. The molecule has 0 fully saturated rings. The Bertz CT molecular complexity index is 3890. The first-order valence-corrected chi connectivity index (χ1v) is 32.9. The molecule has 2 aliphatic rings. The predicted molar refractivity (Wildman–Crippen MR) is 387 cm³/mol. The standard InChI is InChI=1S/C76H86N12O12/c1-73(2,3)97-69(93)81-41-37-77-65(89)49-21-13-45(14-22-49)61-53-29-31-55(85-53)62(46-15-23-50(24-16-46)66(90)78-38-42-82-70(94)98-74(4,5)6)57-33-35-59(87-57)64(48-19-27-52(28-20-48)68(92)80-40-44-84-72(96)100-76(10,11)12)60-36-34-58(88-60)63(56-32-30-54(61)86-56)47-17-25-51(26-18-47)67(91)79-39-43-83-71(95)99-75(7,8)9/h13-36,85,88H,37-44H2,1-12H3,(H,77,89)(H,78,90)(H,79,91)(H,80,92)(H,81,93)(H,82,94)(H,83,95)(H,84,96). The highest BCUT2D eigenvalue weighted by atomic mass is 16.6. The number of hydrogen-bond donors (Lipinski definition) is 10. The predicted octanol–water partition coefficient (Wildman–Crippen LogP) is 12.3. The van der Waals surface area contributed by atoms with Crippen molar-refractivity contribution in [3.05, 3.63) is 166 Å². The molecule has 522 valence electrons. The number of amides is 8. The van der Waals surface area contributed by atoms with Gasteiger partial charge in [-0.25, -0.2) is 29.1 Å². The van der Waals surface area contributed by atoms with E-state index in [4.69, 9.17) is 28.9 Å². The molecule has 10 N–H and O–H groups in total. The number of carbonyl (C=O) groups excluding carboxylic acids is 8. The molecule has 0 radical (unpaired) electrons. The molecule has 2 aliphatic heterocycles. The van der Waals surface area contributed by atoms with Gasteiger partial charge in [-0.05, 0) is 202 Å². The van der Waals surface area contributed by atoms with Crippen molar-refractivity contribution < 1.29 is 57.3 Å². The van der Waals surface area contributed by atoms with Gasteiger partial charge >= 0.3 is 24.4 Å². The molecule has 9 rings (SSSR count). The summed E-state index contributed by atoms with van der Waals surface area (Å²) in [6.45, 7) is 22.3. The smallest absolute Gasteiger partial charge is 0.407 e. The van der Waals surface area contributed by atoms with Crippen molar-refractivity contribution in [2.24, 2.45) is 0 Å². The highest BCUT2D eigenvalue weighted by Crippen LogP contribution is 2.39. The second-order valence-corrected chi connectivity index (χ2v) is 27.6. The number of aromatic nitrogens is 4. The van der Waals surface area contributed by atoms with Gasteiger partial charge in [0, 0.05) is 119 Å². The fraction of sp³-hybridized carbons (Fsp3) is 0.316. The molecule has 24 nitrogen and oxygen atoms in total. The van der Waals surface area contributed by atoms with Gasteiger partial charge in [-0.3, -0.25) is 19.2 Å². The summed E-state index contributed by atoms with van der Waals surface area (Å²) >= 11 is 0. The van der Waals surface area contributed by atoms with Gasteiger partial charge in [0.2, 0.25) is 0 Å². The van der Waals surface area contributed by atoms with E-state index in [1.807, 2.05) is 97.1 Å². The Morgan fingerprint density at radius 3 is 0.640 bits per heavy atom. The van der Waals surface area contributed by atoms with E-state index in [-0.39, 0.29) is 76.0 Å². The summed E-state index contributed by atoms with van der Waals surface area (Å²) in [6.07, 6.45) is 5.27. The van der Waals surface area contributed by atoms with Crippen LogP contribution in [0.25, 0.3) is 90.9 Å². The van der Waals surface area contributed by atoms with Crippen LogP contribution >= 0.6 is 0 Å². The summed E-state index contributed by atoms with van der Waals surface area (Å²) in [6, 6.07) is 36.2. The van der Waals surface area contributed by atoms with Gasteiger partial charge in [0.1, 0.15) is 22.4 Å². The van der Waals surface area contributed by atoms with Crippen molar-refractivity contribution >= 4 is 94.4 Å². The van der Waals surface area contributed by atoms with E-state index in [1.165, 1.54) is 0 Å². The monoisotopic (exact) mass is 1360 g/mol. The molecule has 100 heavy (non-hydrogen) atoms. The van der Waals surface area contributed by atoms with Crippen molar-refractivity contribution in [3.8, 4) is 44.5 Å². The average Bonchev–Trinajstić information content (AvgIpc) is 1.13. The third kappa shape index (κ3) is 20.3. The molecule has 4 aromatic carbocycles. The van der Waals surface area contributed by atoms with Gasteiger partial charge in [0.25, 0.3) is 23.6 Å². The van der Waals surface area contributed by atoms with E-state index < -0.39 is 46.8 Å². The minimum absolute atomic E-state index is 0.141. The van der Waals surface area contributed by atoms with Gasteiger partial charge in [-0.15, -0.1) is 0 Å². The first kappa shape index (κ1) is 72.7. The van der Waals surface area contributed by atoms with Crippen LogP contribution in [-0.4, -0.2) is 143 Å². The van der Waals surface area contributed by atoms with Crippen LogP contribution in [-0.2, 0) is 18.9 Å². The van der Waals surface area contributed by atoms with Crippen LogP contribution in [0, 0.1) is 0 Å².